The van der Waals surface area contributed by atoms with E-state index < -0.39 is 36.5 Å². The third-order valence-corrected chi connectivity index (χ3v) is 10.3. The van der Waals surface area contributed by atoms with Gasteiger partial charge in [0.05, 0.1) is 24.8 Å². The molecule has 1 amide bonds. The molecule has 264 valence electrons. The monoisotopic (exact) mass is 676 g/mol. The Morgan fingerprint density at radius 2 is 1.69 bits per heavy atom. The Kier molecular flexibility index (Phi) is 9.05. The van der Waals surface area contributed by atoms with Crippen molar-refractivity contribution in [2.45, 2.75) is 117 Å². The summed E-state index contributed by atoms with van der Waals surface area (Å²) < 4.78 is 36.6. The largest absolute Gasteiger partial charge is 0.514 e. The first kappa shape index (κ1) is 35.2. The molecule has 0 N–H and O–H groups in total. The molecule has 12 heteroatoms. The molecule has 0 radical (unpaired) electrons. The highest BCUT2D eigenvalue weighted by Crippen LogP contribution is 2.65. The lowest BCUT2D eigenvalue weighted by Gasteiger charge is -2.64. The van der Waals surface area contributed by atoms with E-state index in [0.29, 0.717) is 48.9 Å². The molecule has 1 aromatic heterocycles. The molecule has 1 aromatic carbocycles. The second kappa shape index (κ2) is 12.6. The van der Waals surface area contributed by atoms with E-state index in [2.05, 4.69) is 25.8 Å². The van der Waals surface area contributed by atoms with Crippen LogP contribution in [0.5, 0.6) is 11.5 Å². The molecule has 0 spiro atoms. The number of ether oxygens (including phenoxy) is 4. The van der Waals surface area contributed by atoms with E-state index in [4.69, 9.17) is 28.3 Å². The van der Waals surface area contributed by atoms with Crippen LogP contribution >= 0.6 is 0 Å². The summed E-state index contributed by atoms with van der Waals surface area (Å²) >= 11 is 0. The van der Waals surface area contributed by atoms with Gasteiger partial charge in [0.2, 0.25) is 0 Å². The number of aryl methyl sites for hydroxylation is 1. The van der Waals surface area contributed by atoms with E-state index in [1.807, 2.05) is 0 Å². The number of aromatic nitrogens is 1. The van der Waals surface area contributed by atoms with Crippen molar-refractivity contribution in [3.8, 4) is 11.5 Å². The summed E-state index contributed by atoms with van der Waals surface area (Å²) in [6.07, 6.45) is 3.24. The van der Waals surface area contributed by atoms with Crippen LogP contribution in [0.4, 0.5) is 4.79 Å². The number of hydrogen-bond donors (Lipinski definition) is 0. The molecule has 2 bridgehead atoms. The third kappa shape index (κ3) is 7.17. The maximum atomic E-state index is 13.9. The molecule has 7 rings (SSSR count). The first-order valence-corrected chi connectivity index (χ1v) is 17.3. The second-order valence-corrected chi connectivity index (χ2v) is 16.6. The van der Waals surface area contributed by atoms with Crippen molar-refractivity contribution < 1.29 is 42.6 Å². The number of carbonyl (C=O) groups is 3. The molecule has 2 aromatic rings. The van der Waals surface area contributed by atoms with Crippen molar-refractivity contribution in [1.29, 1.82) is 0 Å². The van der Waals surface area contributed by atoms with Crippen LogP contribution in [0.15, 0.2) is 36.5 Å². The topological polar surface area (TPSA) is 123 Å². The van der Waals surface area contributed by atoms with Crippen molar-refractivity contribution in [3.05, 3.63) is 53.3 Å². The second-order valence-electron chi connectivity index (χ2n) is 16.6. The van der Waals surface area contributed by atoms with Crippen LogP contribution in [0.3, 0.4) is 0 Å². The van der Waals surface area contributed by atoms with Crippen LogP contribution in [0, 0.1) is 17.3 Å². The Hall–Kier alpha value is -3.64. The van der Waals surface area contributed by atoms with E-state index >= 15 is 0 Å². The van der Waals surface area contributed by atoms with E-state index in [9.17, 15) is 14.4 Å². The number of hydrogen-bond acceptors (Lipinski definition) is 10. The van der Waals surface area contributed by atoms with Crippen molar-refractivity contribution in [2.75, 3.05) is 13.1 Å². The summed E-state index contributed by atoms with van der Waals surface area (Å²) in [5, 5.41) is 0. The fourth-order valence-corrected chi connectivity index (χ4v) is 7.75. The van der Waals surface area contributed by atoms with Crippen molar-refractivity contribution in [3.63, 3.8) is 0 Å². The summed E-state index contributed by atoms with van der Waals surface area (Å²) in [6.45, 7) is 17.9. The van der Waals surface area contributed by atoms with Crippen LogP contribution in [0.25, 0.3) is 0 Å². The number of benzene rings is 1. The number of amides is 1. The molecule has 4 atom stereocenters. The molecule has 5 fully saturated rings. The van der Waals surface area contributed by atoms with Gasteiger partial charge in [0.25, 0.3) is 5.91 Å². The van der Waals surface area contributed by atoms with Gasteiger partial charge in [0, 0.05) is 6.20 Å². The smallest absolute Gasteiger partial charge is 0.486 e. The molecule has 3 heterocycles. The van der Waals surface area contributed by atoms with Crippen LogP contribution in [0.2, 0.25) is 6.32 Å². The number of esters is 1. The van der Waals surface area contributed by atoms with Gasteiger partial charge in [-0.2, -0.15) is 0 Å². The quantitative estimate of drug-likeness (QED) is 0.173. The van der Waals surface area contributed by atoms with Gasteiger partial charge < -0.3 is 33.2 Å². The normalized spacial score (nSPS) is 25.9. The number of pyridine rings is 1. The van der Waals surface area contributed by atoms with E-state index in [-0.39, 0.29) is 40.1 Å². The molecule has 5 aliphatic rings. The van der Waals surface area contributed by atoms with Gasteiger partial charge in [0.15, 0.2) is 5.75 Å². The number of carbonyl (C=O) groups excluding carboxylic acids is 3. The molecule has 3 saturated carbocycles. The lowest BCUT2D eigenvalue weighted by atomic mass is 9.43. The van der Waals surface area contributed by atoms with E-state index in [0.717, 1.165) is 12.8 Å². The summed E-state index contributed by atoms with van der Waals surface area (Å²) in [5.41, 5.74) is -0.913. The first-order valence-electron chi connectivity index (χ1n) is 17.3. The van der Waals surface area contributed by atoms with Crippen molar-refractivity contribution in [1.82, 2.24) is 9.88 Å². The van der Waals surface area contributed by atoms with Crippen molar-refractivity contribution >= 4 is 25.2 Å². The average molecular weight is 677 g/mol. The predicted molar refractivity (Wildman–Crippen MR) is 182 cm³/mol. The minimum absolute atomic E-state index is 0.00626. The van der Waals surface area contributed by atoms with Crippen LogP contribution < -0.4 is 9.47 Å². The average Bonchev–Trinajstić information content (AvgIpc) is 3.32. The van der Waals surface area contributed by atoms with Gasteiger partial charge in [-0.05, 0) is 115 Å². The summed E-state index contributed by atoms with van der Waals surface area (Å²) in [6, 6.07) is 8.64. The molecule has 2 saturated heterocycles. The van der Waals surface area contributed by atoms with E-state index in [1.165, 1.54) is 0 Å². The molecule has 2 aliphatic heterocycles. The van der Waals surface area contributed by atoms with Gasteiger partial charge in [-0.1, -0.05) is 26.0 Å². The lowest BCUT2D eigenvalue weighted by Crippen LogP contribution is -2.65. The predicted octanol–water partition coefficient (Wildman–Crippen LogP) is 6.53. The van der Waals surface area contributed by atoms with Crippen LogP contribution in [0.1, 0.15) is 102 Å². The molecule has 0 unspecified atom stereocenters. The summed E-state index contributed by atoms with van der Waals surface area (Å²) in [7, 11) is -0.446. The Morgan fingerprint density at radius 3 is 2.33 bits per heavy atom. The van der Waals surface area contributed by atoms with Gasteiger partial charge in [-0.25, -0.2) is 9.59 Å². The zero-order chi connectivity index (χ0) is 35.5. The lowest BCUT2D eigenvalue weighted by molar-refractivity contribution is -0.199. The molecule has 11 nitrogen and oxygen atoms in total. The zero-order valence-electron chi connectivity index (χ0n) is 30.2. The highest BCUT2D eigenvalue weighted by atomic mass is 16.7. The fourth-order valence-electron chi connectivity index (χ4n) is 7.75. The third-order valence-electron chi connectivity index (χ3n) is 10.3. The van der Waals surface area contributed by atoms with Gasteiger partial charge in [-0.15, -0.1) is 0 Å². The van der Waals surface area contributed by atoms with E-state index in [1.54, 1.807) is 83.0 Å². The standard InChI is InChI=1S/C37H49BN2O9/c1-34(2,3)46-32(42)29-26(44-24-20-40(21-24)31(41)25-12-10-11-17-39-25)14-13-22(30(29)45-33(43)47-35(4,5)6)15-16-38-48-28-19-23-18-27(36(23,7)8)37(28,9)49-38/h10-14,17,23-24,27-28H,15-16,18-21H2,1-9H3/t23-,27-,28+,37-/m0/s1. The molecular weight excluding hydrogens is 627 g/mol. The Bertz CT molecular complexity index is 1600. The summed E-state index contributed by atoms with van der Waals surface area (Å²) in [5.74, 6) is 0.330. The van der Waals surface area contributed by atoms with Gasteiger partial charge in [-0.3, -0.25) is 9.78 Å². The maximum Gasteiger partial charge on any atom is 0.514 e. The number of likely N-dealkylation sites (tertiary alicyclic amines) is 1. The van der Waals surface area contributed by atoms with Gasteiger partial charge >= 0.3 is 19.2 Å². The Balaban J connectivity index is 1.25. The van der Waals surface area contributed by atoms with Crippen LogP contribution in [-0.4, -0.2) is 77.1 Å². The zero-order valence-corrected chi connectivity index (χ0v) is 30.2. The highest BCUT2D eigenvalue weighted by Gasteiger charge is 2.67. The highest BCUT2D eigenvalue weighted by molar-refractivity contribution is 6.45. The minimum Gasteiger partial charge on any atom is -0.486 e. The van der Waals surface area contributed by atoms with Crippen LogP contribution in [-0.2, 0) is 25.2 Å². The summed E-state index contributed by atoms with van der Waals surface area (Å²) in [4.78, 5) is 45.7. The Morgan fingerprint density at radius 1 is 0.980 bits per heavy atom. The minimum atomic E-state index is -0.958. The fraction of sp³-hybridized carbons (Fsp3) is 0.622. The number of rotatable bonds is 8. The number of nitrogens with zero attached hydrogens (tertiary/aromatic N) is 2. The molecule has 49 heavy (non-hydrogen) atoms. The Labute approximate surface area is 289 Å². The van der Waals surface area contributed by atoms with Gasteiger partial charge in [0.1, 0.15) is 34.3 Å². The molecular formula is C37H49BN2O9. The SMILES string of the molecule is CC(C)(C)OC(=O)Oc1c(CCB2O[C@@H]3C[C@@H]4C[C@@H](C4(C)C)[C@]3(C)O2)ccc(OC2CN(C(=O)c3ccccn3)C2)c1C(=O)OC(C)(C)C. The first-order chi connectivity index (χ1) is 22.8. The molecule has 3 aliphatic carbocycles. The maximum absolute atomic E-state index is 13.9. The van der Waals surface area contributed by atoms with Crippen molar-refractivity contribution in [2.24, 2.45) is 17.3 Å².